The molecule has 26 heavy (non-hydrogen) atoms. The second-order valence-corrected chi connectivity index (χ2v) is 6.29. The fourth-order valence-electron chi connectivity index (χ4n) is 3.43. The Hall–Kier alpha value is -2.89. The predicted molar refractivity (Wildman–Crippen MR) is 97.3 cm³/mol. The van der Waals surface area contributed by atoms with Crippen LogP contribution in [0.3, 0.4) is 0 Å². The fraction of sp³-hybridized carbons (Fsp3) is 0.350. The molecule has 0 radical (unpaired) electrons. The van der Waals surface area contributed by atoms with Crippen molar-refractivity contribution >= 4 is 11.8 Å². The van der Waals surface area contributed by atoms with Gasteiger partial charge < -0.3 is 15.0 Å². The number of amides is 2. The van der Waals surface area contributed by atoms with Gasteiger partial charge in [0.1, 0.15) is 5.75 Å². The van der Waals surface area contributed by atoms with Crippen molar-refractivity contribution in [3.63, 3.8) is 0 Å². The van der Waals surface area contributed by atoms with Crippen LogP contribution in [-0.2, 0) is 16.1 Å². The third kappa shape index (κ3) is 3.69. The summed E-state index contributed by atoms with van der Waals surface area (Å²) in [4.78, 5) is 31.0. The Morgan fingerprint density at radius 3 is 2.69 bits per heavy atom. The van der Waals surface area contributed by atoms with Crippen LogP contribution in [0.2, 0.25) is 0 Å². The molecule has 2 atom stereocenters. The molecule has 136 valence electrons. The topological polar surface area (TPSA) is 71.5 Å². The number of pyridine rings is 1. The van der Waals surface area contributed by atoms with Crippen molar-refractivity contribution in [3.8, 4) is 5.75 Å². The van der Waals surface area contributed by atoms with Gasteiger partial charge in [-0.25, -0.2) is 0 Å². The van der Waals surface area contributed by atoms with Crippen LogP contribution in [-0.4, -0.2) is 35.4 Å². The molecule has 1 fully saturated rings. The molecule has 2 amide bonds. The summed E-state index contributed by atoms with van der Waals surface area (Å²) >= 11 is 0. The van der Waals surface area contributed by atoms with Gasteiger partial charge in [-0.2, -0.15) is 0 Å². The number of rotatable bonds is 6. The minimum absolute atomic E-state index is 0.00912. The molecule has 0 bridgehead atoms. The van der Waals surface area contributed by atoms with Crippen LogP contribution in [0.25, 0.3) is 0 Å². The van der Waals surface area contributed by atoms with E-state index in [0.717, 1.165) is 16.9 Å². The summed E-state index contributed by atoms with van der Waals surface area (Å²) in [6, 6.07) is 11.0. The quantitative estimate of drug-likeness (QED) is 0.865. The van der Waals surface area contributed by atoms with Gasteiger partial charge >= 0.3 is 0 Å². The molecule has 0 saturated carbocycles. The largest absolute Gasteiger partial charge is 0.497 e. The van der Waals surface area contributed by atoms with Gasteiger partial charge in [0.25, 0.3) is 0 Å². The maximum atomic E-state index is 12.8. The number of nitrogens with zero attached hydrogens (tertiary/aromatic N) is 2. The molecule has 6 heteroatoms. The molecule has 0 spiro atoms. The number of methoxy groups -OCH3 is 1. The van der Waals surface area contributed by atoms with E-state index in [1.54, 1.807) is 24.4 Å². The third-order valence-corrected chi connectivity index (χ3v) is 4.76. The molecular weight excluding hydrogens is 330 g/mol. The van der Waals surface area contributed by atoms with Gasteiger partial charge in [-0.3, -0.25) is 14.6 Å². The van der Waals surface area contributed by atoms with Crippen molar-refractivity contribution in [1.82, 2.24) is 15.2 Å². The summed E-state index contributed by atoms with van der Waals surface area (Å²) in [5.74, 6) is 0.236. The zero-order chi connectivity index (χ0) is 18.5. The fourth-order valence-corrected chi connectivity index (χ4v) is 3.43. The van der Waals surface area contributed by atoms with Gasteiger partial charge in [-0.05, 0) is 36.2 Å². The first-order valence-electron chi connectivity index (χ1n) is 8.74. The minimum Gasteiger partial charge on any atom is -0.497 e. The summed E-state index contributed by atoms with van der Waals surface area (Å²) in [6.07, 6.45) is 3.64. The standard InChI is InChI=1S/C20H23N3O3/c1-3-23-18(24)11-17(19(23)15-6-8-16(26-2)9-7-15)20(25)22-13-14-5-4-10-21-12-14/h4-10,12,17,19H,3,11,13H2,1-2H3,(H,22,25)/t17-,19+/m1/s1. The highest BCUT2D eigenvalue weighted by molar-refractivity contribution is 5.90. The van der Waals surface area contributed by atoms with E-state index in [1.807, 2.05) is 43.3 Å². The van der Waals surface area contributed by atoms with E-state index in [0.29, 0.717) is 13.1 Å². The first-order valence-corrected chi connectivity index (χ1v) is 8.74. The normalized spacial score (nSPS) is 19.5. The first-order chi connectivity index (χ1) is 12.6. The maximum Gasteiger partial charge on any atom is 0.226 e. The Bertz CT molecular complexity index is 762. The molecular formula is C20H23N3O3. The molecule has 2 aromatic rings. The third-order valence-electron chi connectivity index (χ3n) is 4.76. The summed E-state index contributed by atoms with van der Waals surface area (Å²) < 4.78 is 5.20. The summed E-state index contributed by atoms with van der Waals surface area (Å²) in [7, 11) is 1.61. The molecule has 3 rings (SSSR count). The van der Waals surface area contributed by atoms with E-state index in [9.17, 15) is 9.59 Å². The van der Waals surface area contributed by atoms with E-state index in [-0.39, 0.29) is 24.3 Å². The Labute approximate surface area is 153 Å². The van der Waals surface area contributed by atoms with Crippen molar-refractivity contribution in [2.24, 2.45) is 5.92 Å². The lowest BCUT2D eigenvalue weighted by Gasteiger charge is -2.27. The lowest BCUT2D eigenvalue weighted by molar-refractivity contribution is -0.129. The van der Waals surface area contributed by atoms with Gasteiger partial charge in [0.05, 0.1) is 19.1 Å². The number of hydrogen-bond acceptors (Lipinski definition) is 4. The van der Waals surface area contributed by atoms with Crippen LogP contribution < -0.4 is 10.1 Å². The van der Waals surface area contributed by atoms with Crippen molar-refractivity contribution in [2.45, 2.75) is 25.9 Å². The zero-order valence-electron chi connectivity index (χ0n) is 15.0. The summed E-state index contributed by atoms with van der Waals surface area (Å²) in [5, 5.41) is 2.95. The summed E-state index contributed by atoms with van der Waals surface area (Å²) in [5.41, 5.74) is 1.87. The second-order valence-electron chi connectivity index (χ2n) is 6.29. The molecule has 0 aliphatic carbocycles. The molecule has 1 aliphatic heterocycles. The molecule has 2 heterocycles. The van der Waals surface area contributed by atoms with Crippen LogP contribution in [0, 0.1) is 5.92 Å². The first kappa shape index (κ1) is 17.9. The lowest BCUT2D eigenvalue weighted by atomic mass is 9.92. The van der Waals surface area contributed by atoms with Gasteiger partial charge in [-0.15, -0.1) is 0 Å². The van der Waals surface area contributed by atoms with Gasteiger partial charge in [0.15, 0.2) is 0 Å². The Morgan fingerprint density at radius 2 is 2.08 bits per heavy atom. The van der Waals surface area contributed by atoms with E-state index in [1.165, 1.54) is 0 Å². The van der Waals surface area contributed by atoms with Crippen molar-refractivity contribution in [2.75, 3.05) is 13.7 Å². The highest BCUT2D eigenvalue weighted by Gasteiger charge is 2.43. The van der Waals surface area contributed by atoms with Crippen LogP contribution >= 0.6 is 0 Å². The molecule has 1 N–H and O–H groups in total. The average molecular weight is 353 g/mol. The van der Waals surface area contributed by atoms with Crippen molar-refractivity contribution in [1.29, 1.82) is 0 Å². The predicted octanol–water partition coefficient (Wildman–Crippen LogP) is 2.32. The number of carbonyl (C=O) groups is 2. The Balaban J connectivity index is 1.78. The summed E-state index contributed by atoms with van der Waals surface area (Å²) in [6.45, 7) is 2.91. The smallest absolute Gasteiger partial charge is 0.226 e. The molecule has 1 aromatic carbocycles. The van der Waals surface area contributed by atoms with Crippen LogP contribution in [0.1, 0.15) is 30.5 Å². The van der Waals surface area contributed by atoms with E-state index >= 15 is 0 Å². The number of ether oxygens (including phenoxy) is 1. The van der Waals surface area contributed by atoms with Crippen LogP contribution in [0.15, 0.2) is 48.8 Å². The van der Waals surface area contributed by atoms with Crippen molar-refractivity contribution < 1.29 is 14.3 Å². The number of hydrogen-bond donors (Lipinski definition) is 1. The van der Waals surface area contributed by atoms with Gasteiger partial charge in [0, 0.05) is 31.9 Å². The SMILES string of the molecule is CCN1C(=O)C[C@@H](C(=O)NCc2cccnc2)[C@@H]1c1ccc(OC)cc1. The minimum atomic E-state index is -0.410. The molecule has 1 aromatic heterocycles. The van der Waals surface area contributed by atoms with Gasteiger partial charge in [0.2, 0.25) is 11.8 Å². The molecule has 0 unspecified atom stereocenters. The lowest BCUT2D eigenvalue weighted by Crippen LogP contribution is -2.35. The maximum absolute atomic E-state index is 12.8. The highest BCUT2D eigenvalue weighted by atomic mass is 16.5. The average Bonchev–Trinajstić information content (AvgIpc) is 3.03. The monoisotopic (exact) mass is 353 g/mol. The van der Waals surface area contributed by atoms with E-state index in [4.69, 9.17) is 4.74 Å². The number of likely N-dealkylation sites (tertiary alicyclic amines) is 1. The second kappa shape index (κ2) is 7.99. The molecule has 1 aliphatic rings. The zero-order valence-corrected chi connectivity index (χ0v) is 15.0. The number of carbonyl (C=O) groups excluding carboxylic acids is 2. The molecule has 1 saturated heterocycles. The Morgan fingerprint density at radius 1 is 1.31 bits per heavy atom. The molecule has 6 nitrogen and oxygen atoms in total. The van der Waals surface area contributed by atoms with Gasteiger partial charge in [-0.1, -0.05) is 18.2 Å². The van der Waals surface area contributed by atoms with Crippen molar-refractivity contribution in [3.05, 3.63) is 59.9 Å². The number of nitrogens with one attached hydrogen (secondary N) is 1. The van der Waals surface area contributed by atoms with Crippen LogP contribution in [0.4, 0.5) is 0 Å². The number of aromatic nitrogens is 1. The Kier molecular flexibility index (Phi) is 5.51. The van der Waals surface area contributed by atoms with Crippen LogP contribution in [0.5, 0.6) is 5.75 Å². The van der Waals surface area contributed by atoms with E-state index < -0.39 is 5.92 Å². The number of benzene rings is 1. The highest BCUT2D eigenvalue weighted by Crippen LogP contribution is 2.38. The van der Waals surface area contributed by atoms with E-state index in [2.05, 4.69) is 10.3 Å².